The van der Waals surface area contributed by atoms with Crippen LogP contribution in [0.5, 0.6) is 0 Å². The molecule has 1 aliphatic rings. The van der Waals surface area contributed by atoms with Gasteiger partial charge >= 0.3 is 5.97 Å². The van der Waals surface area contributed by atoms with E-state index in [1.807, 2.05) is 6.92 Å². The fourth-order valence-corrected chi connectivity index (χ4v) is 1.46. The molecule has 1 heterocycles. The Morgan fingerprint density at radius 2 is 1.82 bits per heavy atom. The Morgan fingerprint density at radius 3 is 2.41 bits per heavy atom. The zero-order chi connectivity index (χ0) is 13.0. The zero-order valence-electron chi connectivity index (χ0n) is 9.52. The van der Waals surface area contributed by atoms with Crippen molar-refractivity contribution in [3.05, 3.63) is 0 Å². The number of hydrogen-bond acceptors (Lipinski definition) is 7. The van der Waals surface area contributed by atoms with E-state index in [0.717, 1.165) is 6.42 Å². The van der Waals surface area contributed by atoms with Crippen LogP contribution in [0.4, 0.5) is 0 Å². The lowest BCUT2D eigenvalue weighted by molar-refractivity contribution is -0.281. The minimum atomic E-state index is -1.72. The molecule has 0 amide bonds. The molecule has 7 nitrogen and oxygen atoms in total. The zero-order valence-corrected chi connectivity index (χ0v) is 9.52. The average molecular weight is 250 g/mol. The molecule has 1 saturated heterocycles. The first kappa shape index (κ1) is 14.3. The van der Waals surface area contributed by atoms with Gasteiger partial charge in [-0.25, -0.2) is 4.79 Å². The van der Waals surface area contributed by atoms with Crippen LogP contribution < -0.4 is 0 Å². The number of aliphatic hydroxyl groups excluding tert-OH is 4. The molecule has 7 heteroatoms. The molecule has 0 aromatic rings. The first-order valence-electron chi connectivity index (χ1n) is 5.53. The van der Waals surface area contributed by atoms with Gasteiger partial charge in [-0.1, -0.05) is 13.3 Å². The summed E-state index contributed by atoms with van der Waals surface area (Å²) in [6.07, 6.45) is -6.62. The molecule has 0 saturated carbocycles. The molecular weight excluding hydrogens is 232 g/mol. The van der Waals surface area contributed by atoms with Crippen molar-refractivity contribution in [3.63, 3.8) is 0 Å². The van der Waals surface area contributed by atoms with E-state index in [2.05, 4.69) is 0 Å². The molecule has 0 spiro atoms. The Balaban J connectivity index is 2.54. The number of ether oxygens (including phenoxy) is 2. The van der Waals surface area contributed by atoms with E-state index in [1.54, 1.807) is 0 Å². The molecule has 0 aromatic heterocycles. The van der Waals surface area contributed by atoms with Crippen molar-refractivity contribution in [3.8, 4) is 0 Å². The number of carbonyl (C=O) groups excluding carboxylic acids is 1. The molecule has 1 aliphatic heterocycles. The van der Waals surface area contributed by atoms with Crippen molar-refractivity contribution >= 4 is 5.97 Å². The first-order chi connectivity index (χ1) is 7.99. The number of esters is 1. The van der Waals surface area contributed by atoms with Gasteiger partial charge in [-0.15, -0.1) is 0 Å². The molecule has 5 atom stereocenters. The standard InChI is InChI=1S/C10H18O7/c1-2-3-4-16-10(15)8-6(12)5(11)7(13)9(14)17-8/h5-9,11-14H,2-4H2,1H3/t5-,6-,7+,8-,9+/m0/s1. The Labute approximate surface area is 98.6 Å². The van der Waals surface area contributed by atoms with E-state index in [-0.39, 0.29) is 6.61 Å². The summed E-state index contributed by atoms with van der Waals surface area (Å²) < 4.78 is 9.49. The van der Waals surface area contributed by atoms with Crippen molar-refractivity contribution in [2.45, 2.75) is 50.5 Å². The first-order valence-corrected chi connectivity index (χ1v) is 5.53. The fraction of sp³-hybridized carbons (Fsp3) is 0.900. The molecule has 0 radical (unpaired) electrons. The summed E-state index contributed by atoms with van der Waals surface area (Å²) in [5, 5.41) is 37.3. The van der Waals surface area contributed by atoms with Crippen LogP contribution in [0.25, 0.3) is 0 Å². The molecule has 1 rings (SSSR count). The van der Waals surface area contributed by atoms with Gasteiger partial charge in [0.05, 0.1) is 6.61 Å². The Kier molecular flexibility index (Phi) is 5.29. The van der Waals surface area contributed by atoms with Gasteiger partial charge < -0.3 is 29.9 Å². The highest BCUT2D eigenvalue weighted by atomic mass is 16.7. The van der Waals surface area contributed by atoms with E-state index < -0.39 is 36.7 Å². The monoisotopic (exact) mass is 250 g/mol. The van der Waals surface area contributed by atoms with Crippen molar-refractivity contribution in [2.24, 2.45) is 0 Å². The Hall–Kier alpha value is -0.730. The number of aliphatic hydroxyl groups is 4. The van der Waals surface area contributed by atoms with E-state index in [1.165, 1.54) is 0 Å². The highest BCUT2D eigenvalue weighted by Gasteiger charge is 2.46. The highest BCUT2D eigenvalue weighted by molar-refractivity contribution is 5.75. The van der Waals surface area contributed by atoms with Gasteiger partial charge in [0.25, 0.3) is 0 Å². The second-order valence-electron chi connectivity index (χ2n) is 3.94. The molecule has 1 fully saturated rings. The van der Waals surface area contributed by atoms with Crippen LogP contribution in [-0.2, 0) is 14.3 Å². The van der Waals surface area contributed by atoms with E-state index in [4.69, 9.17) is 9.47 Å². The highest BCUT2D eigenvalue weighted by Crippen LogP contribution is 2.20. The lowest BCUT2D eigenvalue weighted by Crippen LogP contribution is -2.59. The summed E-state index contributed by atoms with van der Waals surface area (Å²) in [5.74, 6) is -0.865. The fourth-order valence-electron chi connectivity index (χ4n) is 1.46. The number of rotatable bonds is 4. The van der Waals surface area contributed by atoms with Crippen molar-refractivity contribution in [1.29, 1.82) is 0 Å². The largest absolute Gasteiger partial charge is 0.464 e. The smallest absolute Gasteiger partial charge is 0.338 e. The third-order valence-electron chi connectivity index (χ3n) is 2.56. The lowest BCUT2D eigenvalue weighted by Gasteiger charge is -2.36. The average Bonchev–Trinajstić information content (AvgIpc) is 2.31. The predicted octanol–water partition coefficient (Wildman–Crippen LogP) is -1.87. The van der Waals surface area contributed by atoms with Crippen LogP contribution in [0, 0.1) is 0 Å². The normalized spacial score (nSPS) is 37.8. The quantitative estimate of drug-likeness (QED) is 0.341. The van der Waals surface area contributed by atoms with Crippen LogP contribution in [0.2, 0.25) is 0 Å². The minimum Gasteiger partial charge on any atom is -0.464 e. The van der Waals surface area contributed by atoms with Crippen LogP contribution in [0.15, 0.2) is 0 Å². The van der Waals surface area contributed by atoms with Crippen molar-refractivity contribution < 1.29 is 34.7 Å². The summed E-state index contributed by atoms with van der Waals surface area (Å²) in [7, 11) is 0. The second kappa shape index (κ2) is 6.27. The SMILES string of the molecule is CCCCOC(=O)[C@H]1O[C@@H](O)[C@H](O)[C@@H](O)[C@@H]1O. The maximum absolute atomic E-state index is 11.5. The lowest BCUT2D eigenvalue weighted by atomic mass is 9.99. The van der Waals surface area contributed by atoms with Crippen molar-refractivity contribution in [1.82, 2.24) is 0 Å². The maximum Gasteiger partial charge on any atom is 0.338 e. The molecule has 0 bridgehead atoms. The summed E-state index contributed by atoms with van der Waals surface area (Å²) in [4.78, 5) is 11.5. The van der Waals surface area contributed by atoms with Crippen LogP contribution in [-0.4, -0.2) is 63.7 Å². The molecule has 17 heavy (non-hydrogen) atoms. The summed E-state index contributed by atoms with van der Waals surface area (Å²) in [6, 6.07) is 0. The minimum absolute atomic E-state index is 0.177. The van der Waals surface area contributed by atoms with Gasteiger partial charge in [-0.3, -0.25) is 0 Å². The van der Waals surface area contributed by atoms with E-state index in [0.29, 0.717) is 6.42 Å². The summed E-state index contributed by atoms with van der Waals surface area (Å²) >= 11 is 0. The van der Waals surface area contributed by atoms with Gasteiger partial charge in [0, 0.05) is 0 Å². The second-order valence-corrected chi connectivity index (χ2v) is 3.94. The Morgan fingerprint density at radius 1 is 1.18 bits per heavy atom. The van der Waals surface area contributed by atoms with Gasteiger partial charge in [-0.2, -0.15) is 0 Å². The van der Waals surface area contributed by atoms with Crippen LogP contribution >= 0.6 is 0 Å². The van der Waals surface area contributed by atoms with E-state index >= 15 is 0 Å². The van der Waals surface area contributed by atoms with E-state index in [9.17, 15) is 25.2 Å². The van der Waals surface area contributed by atoms with Gasteiger partial charge in [0.1, 0.15) is 18.3 Å². The maximum atomic E-state index is 11.5. The number of unbranched alkanes of at least 4 members (excludes halogenated alkanes) is 1. The Bertz CT molecular complexity index is 257. The van der Waals surface area contributed by atoms with Gasteiger partial charge in [-0.05, 0) is 6.42 Å². The topological polar surface area (TPSA) is 116 Å². The molecule has 100 valence electrons. The summed E-state index contributed by atoms with van der Waals surface area (Å²) in [5.41, 5.74) is 0. The summed E-state index contributed by atoms with van der Waals surface area (Å²) in [6.45, 7) is 2.10. The number of carbonyl (C=O) groups is 1. The molecule has 0 aromatic carbocycles. The van der Waals surface area contributed by atoms with Gasteiger partial charge in [0.2, 0.25) is 0 Å². The molecule has 4 N–H and O–H groups in total. The number of hydrogen-bond donors (Lipinski definition) is 4. The van der Waals surface area contributed by atoms with Crippen LogP contribution in [0.1, 0.15) is 19.8 Å². The molecular formula is C10H18O7. The molecule has 0 aliphatic carbocycles. The van der Waals surface area contributed by atoms with Gasteiger partial charge in [0.15, 0.2) is 12.4 Å². The third kappa shape index (κ3) is 3.36. The molecule has 0 unspecified atom stereocenters. The third-order valence-corrected chi connectivity index (χ3v) is 2.56. The predicted molar refractivity (Wildman–Crippen MR) is 54.8 cm³/mol. The van der Waals surface area contributed by atoms with Crippen molar-refractivity contribution in [2.75, 3.05) is 6.61 Å². The van der Waals surface area contributed by atoms with Crippen LogP contribution in [0.3, 0.4) is 0 Å².